The molecule has 0 fully saturated rings. The van der Waals surface area contributed by atoms with Crippen LogP contribution in [-0.4, -0.2) is 31.3 Å². The van der Waals surface area contributed by atoms with Crippen LogP contribution in [0.25, 0.3) is 0 Å². The molecule has 3 rings (SSSR count). The van der Waals surface area contributed by atoms with Gasteiger partial charge in [0.2, 0.25) is 0 Å². The second-order valence-corrected chi connectivity index (χ2v) is 7.73. The normalized spacial score (nSPS) is 10.7. The van der Waals surface area contributed by atoms with Gasteiger partial charge in [-0.3, -0.25) is 4.79 Å². The largest absolute Gasteiger partial charge is 0.490 e. The first kappa shape index (κ1) is 24.8. The molecule has 176 valence electrons. The van der Waals surface area contributed by atoms with Gasteiger partial charge in [0.1, 0.15) is 5.75 Å². The molecule has 1 amide bonds. The Morgan fingerprint density at radius 2 is 1.68 bits per heavy atom. The van der Waals surface area contributed by atoms with Crippen molar-refractivity contribution < 1.29 is 23.8 Å². The number of nitrogens with zero attached hydrogens (tertiary/aromatic N) is 1. The molecule has 0 aliphatic rings. The number of amides is 1. The van der Waals surface area contributed by atoms with E-state index in [1.807, 2.05) is 26.8 Å². The van der Waals surface area contributed by atoms with Gasteiger partial charge in [0.25, 0.3) is 5.91 Å². The number of hydrazone groups is 1. The van der Waals surface area contributed by atoms with Gasteiger partial charge in [-0.1, -0.05) is 29.8 Å². The van der Waals surface area contributed by atoms with E-state index in [-0.39, 0.29) is 6.61 Å². The van der Waals surface area contributed by atoms with Crippen LogP contribution in [0.15, 0.2) is 65.8 Å². The maximum Gasteiger partial charge on any atom is 0.343 e. The van der Waals surface area contributed by atoms with Crippen LogP contribution in [0.2, 0.25) is 5.02 Å². The van der Waals surface area contributed by atoms with Crippen LogP contribution < -0.4 is 19.6 Å². The molecule has 0 saturated heterocycles. The van der Waals surface area contributed by atoms with Crippen LogP contribution in [0.3, 0.4) is 0 Å². The van der Waals surface area contributed by atoms with Crippen molar-refractivity contribution in [2.24, 2.45) is 5.10 Å². The Hall–Kier alpha value is -3.84. The monoisotopic (exact) mass is 480 g/mol. The molecule has 8 heteroatoms. The van der Waals surface area contributed by atoms with Crippen LogP contribution in [0, 0.1) is 13.8 Å². The molecule has 0 bridgehead atoms. The number of aryl methyl sites for hydroxylation is 2. The molecule has 0 aliphatic carbocycles. The molecule has 3 aromatic rings. The van der Waals surface area contributed by atoms with Crippen LogP contribution in [0.4, 0.5) is 0 Å². The Morgan fingerprint density at radius 3 is 2.35 bits per heavy atom. The van der Waals surface area contributed by atoms with E-state index in [4.69, 9.17) is 25.8 Å². The van der Waals surface area contributed by atoms with E-state index in [1.165, 1.54) is 6.21 Å². The summed E-state index contributed by atoms with van der Waals surface area (Å²) in [6.07, 6.45) is 1.46. The van der Waals surface area contributed by atoms with Crippen molar-refractivity contribution in [2.75, 3.05) is 13.2 Å². The average molecular weight is 481 g/mol. The molecule has 0 atom stereocenters. The minimum atomic E-state index is -0.485. The number of nitrogens with one attached hydrogen (secondary N) is 1. The molecule has 7 nitrogen and oxygen atoms in total. The summed E-state index contributed by atoms with van der Waals surface area (Å²) in [6, 6.07) is 17.2. The molecule has 34 heavy (non-hydrogen) atoms. The number of benzene rings is 3. The Kier molecular flexibility index (Phi) is 8.65. The van der Waals surface area contributed by atoms with E-state index in [9.17, 15) is 9.59 Å². The third kappa shape index (κ3) is 6.83. The van der Waals surface area contributed by atoms with Gasteiger partial charge in [0, 0.05) is 5.02 Å². The number of hydrogen-bond acceptors (Lipinski definition) is 6. The van der Waals surface area contributed by atoms with Crippen molar-refractivity contribution in [2.45, 2.75) is 20.8 Å². The second-order valence-electron chi connectivity index (χ2n) is 7.35. The SMILES string of the molecule is CCOc1cc(/C=N\NC(=O)COc2cc(C)c(Cl)c(C)c2)ccc1OC(=O)c1ccccc1. The lowest BCUT2D eigenvalue weighted by molar-refractivity contribution is -0.123. The first-order chi connectivity index (χ1) is 16.4. The summed E-state index contributed by atoms with van der Waals surface area (Å²) in [6.45, 7) is 5.76. The van der Waals surface area contributed by atoms with Gasteiger partial charge in [0.05, 0.1) is 18.4 Å². The second kappa shape index (κ2) is 11.9. The standard InChI is InChI=1S/C26H25ClN2O5/c1-4-32-23-14-19(10-11-22(23)34-26(31)20-8-6-5-7-9-20)15-28-29-24(30)16-33-21-12-17(2)25(27)18(3)13-21/h5-15H,4,16H2,1-3H3,(H,29,30)/b28-15-. The number of rotatable bonds is 9. The summed E-state index contributed by atoms with van der Waals surface area (Å²) in [5, 5.41) is 4.63. The number of esters is 1. The highest BCUT2D eigenvalue weighted by atomic mass is 35.5. The topological polar surface area (TPSA) is 86.2 Å². The van der Waals surface area contributed by atoms with E-state index < -0.39 is 11.9 Å². The summed E-state index contributed by atoms with van der Waals surface area (Å²) in [7, 11) is 0. The predicted octanol–water partition coefficient (Wildman–Crippen LogP) is 5.10. The van der Waals surface area contributed by atoms with Crippen molar-refractivity contribution in [3.63, 3.8) is 0 Å². The first-order valence-corrected chi connectivity index (χ1v) is 11.0. The molecule has 0 aromatic heterocycles. The van der Waals surface area contributed by atoms with Crippen LogP contribution in [-0.2, 0) is 4.79 Å². The lowest BCUT2D eigenvalue weighted by atomic mass is 10.1. The van der Waals surface area contributed by atoms with Crippen molar-refractivity contribution in [1.82, 2.24) is 5.43 Å². The van der Waals surface area contributed by atoms with Crippen molar-refractivity contribution in [3.05, 3.63) is 87.9 Å². The highest BCUT2D eigenvalue weighted by molar-refractivity contribution is 6.32. The van der Waals surface area contributed by atoms with Gasteiger partial charge in [-0.25, -0.2) is 10.2 Å². The lowest BCUT2D eigenvalue weighted by Gasteiger charge is -2.11. The van der Waals surface area contributed by atoms with E-state index in [2.05, 4.69) is 10.5 Å². The van der Waals surface area contributed by atoms with Gasteiger partial charge in [-0.15, -0.1) is 0 Å². The zero-order valence-electron chi connectivity index (χ0n) is 19.1. The predicted molar refractivity (Wildman–Crippen MR) is 131 cm³/mol. The molecule has 0 unspecified atom stereocenters. The van der Waals surface area contributed by atoms with Gasteiger partial charge >= 0.3 is 5.97 Å². The zero-order chi connectivity index (χ0) is 24.5. The van der Waals surface area contributed by atoms with E-state index >= 15 is 0 Å². The van der Waals surface area contributed by atoms with Gasteiger partial charge in [0.15, 0.2) is 18.1 Å². The summed E-state index contributed by atoms with van der Waals surface area (Å²) in [5.74, 6) is 0.333. The highest BCUT2D eigenvalue weighted by Gasteiger charge is 2.13. The summed E-state index contributed by atoms with van der Waals surface area (Å²) in [5.41, 5.74) is 5.24. The molecule has 3 aromatic carbocycles. The molecular formula is C26H25ClN2O5. The van der Waals surface area contributed by atoms with Gasteiger partial charge in [-0.2, -0.15) is 5.10 Å². The minimum Gasteiger partial charge on any atom is -0.490 e. The number of ether oxygens (including phenoxy) is 3. The van der Waals surface area contributed by atoms with Gasteiger partial charge in [-0.05, 0) is 79.9 Å². The quantitative estimate of drug-likeness (QED) is 0.199. The molecule has 0 heterocycles. The molecule has 1 N–H and O–H groups in total. The molecule has 0 aliphatic heterocycles. The van der Waals surface area contributed by atoms with Crippen molar-refractivity contribution in [3.8, 4) is 17.2 Å². The molecule has 0 saturated carbocycles. The smallest absolute Gasteiger partial charge is 0.343 e. The van der Waals surface area contributed by atoms with Crippen LogP contribution >= 0.6 is 11.6 Å². The molecular weight excluding hydrogens is 456 g/mol. The lowest BCUT2D eigenvalue weighted by Crippen LogP contribution is -2.24. The number of carbonyl (C=O) groups excluding carboxylic acids is 2. The van der Waals surface area contributed by atoms with E-state index in [1.54, 1.807) is 54.6 Å². The third-order valence-corrected chi connectivity index (χ3v) is 5.26. The third-order valence-electron chi connectivity index (χ3n) is 4.66. The Labute approximate surface area is 203 Å². The fraction of sp³-hybridized carbons (Fsp3) is 0.192. The Balaban J connectivity index is 1.59. The fourth-order valence-corrected chi connectivity index (χ4v) is 3.15. The average Bonchev–Trinajstić information content (AvgIpc) is 2.83. The van der Waals surface area contributed by atoms with Crippen molar-refractivity contribution in [1.29, 1.82) is 0 Å². The Bertz CT molecular complexity index is 1170. The minimum absolute atomic E-state index is 0.198. The maximum absolute atomic E-state index is 12.4. The molecule has 0 radical (unpaired) electrons. The van der Waals surface area contributed by atoms with Gasteiger partial charge < -0.3 is 14.2 Å². The van der Waals surface area contributed by atoms with E-state index in [0.29, 0.717) is 40.0 Å². The fourth-order valence-electron chi connectivity index (χ4n) is 3.04. The first-order valence-electron chi connectivity index (χ1n) is 10.6. The number of hydrogen-bond donors (Lipinski definition) is 1. The number of carbonyl (C=O) groups is 2. The van der Waals surface area contributed by atoms with Crippen molar-refractivity contribution >= 4 is 29.7 Å². The number of halogens is 1. The molecule has 0 spiro atoms. The van der Waals surface area contributed by atoms with Crippen LogP contribution in [0.5, 0.6) is 17.2 Å². The van der Waals surface area contributed by atoms with Crippen LogP contribution in [0.1, 0.15) is 34.0 Å². The van der Waals surface area contributed by atoms with E-state index in [0.717, 1.165) is 11.1 Å². The summed E-state index contributed by atoms with van der Waals surface area (Å²) in [4.78, 5) is 24.4. The summed E-state index contributed by atoms with van der Waals surface area (Å²) >= 11 is 6.15. The maximum atomic E-state index is 12.4. The highest BCUT2D eigenvalue weighted by Crippen LogP contribution is 2.29. The Morgan fingerprint density at radius 1 is 0.971 bits per heavy atom. The zero-order valence-corrected chi connectivity index (χ0v) is 19.9. The summed E-state index contributed by atoms with van der Waals surface area (Å²) < 4.78 is 16.6.